The van der Waals surface area contributed by atoms with Crippen molar-refractivity contribution >= 4 is 15.0 Å². The predicted molar refractivity (Wildman–Crippen MR) is 52.5 cm³/mol. The lowest BCUT2D eigenvalue weighted by molar-refractivity contribution is -0.110. The van der Waals surface area contributed by atoms with Crippen LogP contribution in [0.4, 0.5) is 0 Å². The van der Waals surface area contributed by atoms with Gasteiger partial charge in [-0.2, -0.15) is 0 Å². The zero-order valence-corrected chi connectivity index (χ0v) is 9.07. The SMILES string of the molecule is COP(O)OC1CCC(NC=O)CC1. The van der Waals surface area contributed by atoms with Gasteiger partial charge in [0.15, 0.2) is 0 Å². The minimum atomic E-state index is -1.71. The van der Waals surface area contributed by atoms with Crippen LogP contribution < -0.4 is 5.32 Å². The Kier molecular flexibility index (Phi) is 5.33. The van der Waals surface area contributed by atoms with Crippen molar-refractivity contribution in [1.29, 1.82) is 0 Å². The molecule has 14 heavy (non-hydrogen) atoms. The van der Waals surface area contributed by atoms with Gasteiger partial charge < -0.3 is 19.3 Å². The molecule has 0 aromatic carbocycles. The Bertz CT molecular complexity index is 173. The molecule has 1 unspecified atom stereocenters. The van der Waals surface area contributed by atoms with E-state index >= 15 is 0 Å². The van der Waals surface area contributed by atoms with Crippen LogP contribution in [0.2, 0.25) is 0 Å². The number of nitrogens with one attached hydrogen (secondary N) is 1. The highest BCUT2D eigenvalue weighted by Gasteiger charge is 2.23. The van der Waals surface area contributed by atoms with E-state index in [4.69, 9.17) is 9.42 Å². The fraction of sp³-hybridized carbons (Fsp3) is 0.875. The van der Waals surface area contributed by atoms with Crippen molar-refractivity contribution in [2.45, 2.75) is 37.8 Å². The van der Waals surface area contributed by atoms with Gasteiger partial charge in [0, 0.05) is 13.2 Å². The Hall–Kier alpha value is -0.220. The summed E-state index contributed by atoms with van der Waals surface area (Å²) < 4.78 is 9.90. The summed E-state index contributed by atoms with van der Waals surface area (Å²) in [5.41, 5.74) is 0. The van der Waals surface area contributed by atoms with E-state index in [0.717, 1.165) is 32.1 Å². The second-order valence-electron chi connectivity index (χ2n) is 3.28. The van der Waals surface area contributed by atoms with Crippen molar-refractivity contribution in [3.8, 4) is 0 Å². The molecule has 0 bridgehead atoms. The summed E-state index contributed by atoms with van der Waals surface area (Å²) in [6.45, 7) is 0. The molecule has 0 aromatic rings. The van der Waals surface area contributed by atoms with E-state index in [9.17, 15) is 4.79 Å². The van der Waals surface area contributed by atoms with E-state index in [1.54, 1.807) is 0 Å². The molecule has 0 heterocycles. The van der Waals surface area contributed by atoms with Gasteiger partial charge in [-0.15, -0.1) is 0 Å². The summed E-state index contributed by atoms with van der Waals surface area (Å²) >= 11 is 0. The Labute approximate surface area is 84.8 Å². The molecule has 2 N–H and O–H groups in total. The quantitative estimate of drug-likeness (QED) is 0.535. The van der Waals surface area contributed by atoms with Gasteiger partial charge in [0.25, 0.3) is 0 Å². The number of hydrogen-bond acceptors (Lipinski definition) is 4. The summed E-state index contributed by atoms with van der Waals surface area (Å²) in [5, 5.41) is 2.75. The molecule has 0 aromatic heterocycles. The fourth-order valence-corrected chi connectivity index (χ4v) is 2.15. The molecule has 1 atom stereocenters. The van der Waals surface area contributed by atoms with Crippen LogP contribution in [0.25, 0.3) is 0 Å². The van der Waals surface area contributed by atoms with Crippen molar-refractivity contribution in [2.24, 2.45) is 0 Å². The molecule has 82 valence electrons. The molecule has 1 aliphatic rings. The molecular weight excluding hydrogens is 205 g/mol. The third-order valence-corrected chi connectivity index (χ3v) is 3.16. The predicted octanol–water partition coefficient (Wildman–Crippen LogP) is 0.926. The van der Waals surface area contributed by atoms with Crippen molar-refractivity contribution < 1.29 is 18.7 Å². The molecular formula is C8H16NO4P. The summed E-state index contributed by atoms with van der Waals surface area (Å²) in [5.74, 6) is 0. The number of amides is 1. The lowest BCUT2D eigenvalue weighted by Gasteiger charge is -2.28. The van der Waals surface area contributed by atoms with Crippen LogP contribution in [-0.2, 0) is 13.8 Å². The average molecular weight is 221 g/mol. The zero-order valence-electron chi connectivity index (χ0n) is 8.18. The minimum Gasteiger partial charge on any atom is -0.356 e. The van der Waals surface area contributed by atoms with Gasteiger partial charge in [0.05, 0.1) is 6.10 Å². The Morgan fingerprint density at radius 3 is 2.57 bits per heavy atom. The van der Waals surface area contributed by atoms with Crippen LogP contribution >= 0.6 is 8.60 Å². The summed E-state index contributed by atoms with van der Waals surface area (Å²) in [4.78, 5) is 19.3. The number of carbonyl (C=O) groups is 1. The molecule has 0 aliphatic heterocycles. The van der Waals surface area contributed by atoms with Gasteiger partial charge in [-0.05, 0) is 25.7 Å². The second kappa shape index (κ2) is 6.30. The molecule has 0 saturated heterocycles. The van der Waals surface area contributed by atoms with E-state index < -0.39 is 8.60 Å². The molecule has 1 fully saturated rings. The smallest absolute Gasteiger partial charge is 0.329 e. The van der Waals surface area contributed by atoms with Gasteiger partial charge in [-0.3, -0.25) is 4.79 Å². The monoisotopic (exact) mass is 221 g/mol. The highest BCUT2D eigenvalue weighted by Crippen LogP contribution is 2.37. The maximum Gasteiger partial charge on any atom is 0.329 e. The Morgan fingerprint density at radius 1 is 1.43 bits per heavy atom. The van der Waals surface area contributed by atoms with E-state index in [1.807, 2.05) is 0 Å². The van der Waals surface area contributed by atoms with Crippen LogP contribution in [0, 0.1) is 0 Å². The van der Waals surface area contributed by atoms with Gasteiger partial charge >= 0.3 is 8.60 Å². The summed E-state index contributed by atoms with van der Waals surface area (Å²) in [7, 11) is -0.291. The lowest BCUT2D eigenvalue weighted by Crippen LogP contribution is -2.34. The molecule has 1 saturated carbocycles. The van der Waals surface area contributed by atoms with E-state index in [1.165, 1.54) is 7.11 Å². The first-order valence-electron chi connectivity index (χ1n) is 4.66. The number of hydrogen-bond donors (Lipinski definition) is 2. The Balaban J connectivity index is 2.18. The maximum atomic E-state index is 10.2. The lowest BCUT2D eigenvalue weighted by atomic mass is 9.93. The highest BCUT2D eigenvalue weighted by atomic mass is 31.2. The molecule has 1 rings (SSSR count). The topological polar surface area (TPSA) is 67.8 Å². The van der Waals surface area contributed by atoms with Gasteiger partial charge in [-0.25, -0.2) is 0 Å². The summed E-state index contributed by atoms with van der Waals surface area (Å²) in [6, 6.07) is 0.264. The van der Waals surface area contributed by atoms with Crippen LogP contribution in [0.5, 0.6) is 0 Å². The van der Waals surface area contributed by atoms with Gasteiger partial charge in [0.1, 0.15) is 0 Å². The third kappa shape index (κ3) is 3.88. The standard InChI is InChI=1S/C8H16NO4P/c1-12-14(11)13-8-4-2-7(3-5-8)9-6-10/h6-8,11H,2-5H2,1H3,(H,9,10). The molecule has 1 aliphatic carbocycles. The number of carbonyl (C=O) groups excluding carboxylic acids is 1. The molecule has 6 heteroatoms. The van der Waals surface area contributed by atoms with Crippen molar-refractivity contribution in [2.75, 3.05) is 7.11 Å². The van der Waals surface area contributed by atoms with Crippen LogP contribution in [0.1, 0.15) is 25.7 Å². The maximum absolute atomic E-state index is 10.2. The average Bonchev–Trinajstić information content (AvgIpc) is 2.21. The second-order valence-corrected chi connectivity index (χ2v) is 4.34. The first-order chi connectivity index (χ1) is 6.76. The van der Waals surface area contributed by atoms with E-state index in [2.05, 4.69) is 9.84 Å². The molecule has 0 radical (unpaired) electrons. The molecule has 5 nitrogen and oxygen atoms in total. The third-order valence-electron chi connectivity index (χ3n) is 2.37. The van der Waals surface area contributed by atoms with Crippen molar-refractivity contribution in [1.82, 2.24) is 5.32 Å². The number of rotatable bonds is 5. The molecule has 0 spiro atoms. The minimum absolute atomic E-state index is 0.0655. The summed E-state index contributed by atoms with van der Waals surface area (Å²) in [6.07, 6.45) is 4.31. The first kappa shape index (κ1) is 11.9. The first-order valence-corrected chi connectivity index (χ1v) is 5.79. The highest BCUT2D eigenvalue weighted by molar-refractivity contribution is 7.40. The van der Waals surface area contributed by atoms with Crippen molar-refractivity contribution in [3.63, 3.8) is 0 Å². The zero-order chi connectivity index (χ0) is 10.4. The van der Waals surface area contributed by atoms with E-state index in [0.29, 0.717) is 0 Å². The normalized spacial score (nSPS) is 29.6. The Morgan fingerprint density at radius 2 is 2.07 bits per heavy atom. The largest absolute Gasteiger partial charge is 0.356 e. The van der Waals surface area contributed by atoms with Crippen LogP contribution in [0.15, 0.2) is 0 Å². The molecule has 1 amide bonds. The van der Waals surface area contributed by atoms with Gasteiger partial charge in [0.2, 0.25) is 6.41 Å². The van der Waals surface area contributed by atoms with E-state index in [-0.39, 0.29) is 12.1 Å². The van der Waals surface area contributed by atoms with Crippen LogP contribution in [0.3, 0.4) is 0 Å². The van der Waals surface area contributed by atoms with Crippen LogP contribution in [-0.4, -0.2) is 30.6 Å². The van der Waals surface area contributed by atoms with Gasteiger partial charge in [-0.1, -0.05) is 0 Å². The fourth-order valence-electron chi connectivity index (χ4n) is 1.60. The van der Waals surface area contributed by atoms with Crippen molar-refractivity contribution in [3.05, 3.63) is 0 Å².